The lowest BCUT2D eigenvalue weighted by molar-refractivity contribution is -0.0547. The van der Waals surface area contributed by atoms with Crippen LogP contribution in [0.2, 0.25) is 0 Å². The number of aryl methyl sites for hydroxylation is 1. The molecule has 2 atom stereocenters. The van der Waals surface area contributed by atoms with Crippen molar-refractivity contribution in [2.75, 3.05) is 13.7 Å². The minimum atomic E-state index is -4.05. The monoisotopic (exact) mass is 502 g/mol. The van der Waals surface area contributed by atoms with Gasteiger partial charge in [-0.2, -0.15) is 8.42 Å². The Labute approximate surface area is 213 Å². The van der Waals surface area contributed by atoms with E-state index in [0.717, 1.165) is 22.3 Å². The molecular weight excluding hydrogens is 472 g/mol. The summed E-state index contributed by atoms with van der Waals surface area (Å²) in [6, 6.07) is 35.5. The van der Waals surface area contributed by atoms with Gasteiger partial charge in [-0.15, -0.1) is 0 Å². The molecule has 0 saturated heterocycles. The standard InChI is InChI=1S/C30H30O5S/c1-23-18-20-27(21-19-23)36(32,33)35-22-28(34-2)29(31)30(24-12-6-3-7-13-24,25-14-8-4-9-15-25)26-16-10-5-11-17-26/h3-21,28-29,31H,22H2,1-2H3. The summed E-state index contributed by atoms with van der Waals surface area (Å²) < 4.78 is 36.9. The van der Waals surface area contributed by atoms with Crippen molar-refractivity contribution in [2.24, 2.45) is 0 Å². The third kappa shape index (κ3) is 5.13. The molecule has 0 radical (unpaired) electrons. The summed E-state index contributed by atoms with van der Waals surface area (Å²) in [5.41, 5.74) is 2.43. The van der Waals surface area contributed by atoms with Gasteiger partial charge in [0, 0.05) is 7.11 Å². The first-order valence-electron chi connectivity index (χ1n) is 11.7. The Kier molecular flexibility index (Phi) is 8.01. The van der Waals surface area contributed by atoms with Gasteiger partial charge in [-0.25, -0.2) is 0 Å². The molecule has 0 aliphatic rings. The van der Waals surface area contributed by atoms with Gasteiger partial charge >= 0.3 is 0 Å². The molecule has 0 aliphatic heterocycles. The van der Waals surface area contributed by atoms with Crippen LogP contribution in [0.1, 0.15) is 22.3 Å². The Morgan fingerprint density at radius 1 is 0.722 bits per heavy atom. The number of aliphatic hydroxyl groups is 1. The molecule has 6 heteroatoms. The summed E-state index contributed by atoms with van der Waals surface area (Å²) in [6.45, 7) is 1.52. The maximum Gasteiger partial charge on any atom is 0.297 e. The zero-order valence-electron chi connectivity index (χ0n) is 20.3. The summed E-state index contributed by atoms with van der Waals surface area (Å²) in [6.07, 6.45) is -2.16. The Balaban J connectivity index is 1.79. The summed E-state index contributed by atoms with van der Waals surface area (Å²) in [7, 11) is -2.60. The van der Waals surface area contributed by atoms with Crippen LogP contribution in [0.5, 0.6) is 0 Å². The average Bonchev–Trinajstić information content (AvgIpc) is 2.91. The molecule has 0 saturated carbocycles. The second kappa shape index (κ2) is 11.2. The van der Waals surface area contributed by atoms with Crippen molar-refractivity contribution in [1.82, 2.24) is 0 Å². The van der Waals surface area contributed by atoms with Crippen LogP contribution in [0, 0.1) is 6.92 Å². The van der Waals surface area contributed by atoms with E-state index in [1.165, 1.54) is 19.2 Å². The molecule has 4 rings (SSSR count). The lowest BCUT2D eigenvalue weighted by Crippen LogP contribution is -2.50. The second-order valence-corrected chi connectivity index (χ2v) is 10.3. The van der Waals surface area contributed by atoms with Gasteiger partial charge in [0.2, 0.25) is 0 Å². The Morgan fingerprint density at radius 2 is 1.14 bits per heavy atom. The highest BCUT2D eigenvalue weighted by Gasteiger charge is 2.47. The first-order chi connectivity index (χ1) is 17.4. The molecule has 5 nitrogen and oxygen atoms in total. The molecule has 36 heavy (non-hydrogen) atoms. The fraction of sp³-hybridized carbons (Fsp3) is 0.200. The van der Waals surface area contributed by atoms with Crippen molar-refractivity contribution >= 4 is 10.1 Å². The number of rotatable bonds is 10. The van der Waals surface area contributed by atoms with E-state index in [-0.39, 0.29) is 11.5 Å². The minimum absolute atomic E-state index is 0.0536. The summed E-state index contributed by atoms with van der Waals surface area (Å²) in [5.74, 6) is 0. The number of ether oxygens (including phenoxy) is 1. The summed E-state index contributed by atoms with van der Waals surface area (Å²) in [5, 5.41) is 12.1. The fourth-order valence-electron chi connectivity index (χ4n) is 4.61. The first-order valence-corrected chi connectivity index (χ1v) is 13.1. The molecule has 4 aromatic rings. The SMILES string of the molecule is COC(COS(=O)(=O)c1ccc(C)cc1)C(O)C(c1ccccc1)(c1ccccc1)c1ccccc1. The lowest BCUT2D eigenvalue weighted by Gasteiger charge is -2.42. The van der Waals surface area contributed by atoms with Gasteiger partial charge in [-0.05, 0) is 35.7 Å². The van der Waals surface area contributed by atoms with Crippen molar-refractivity contribution in [3.63, 3.8) is 0 Å². The number of benzene rings is 4. The van der Waals surface area contributed by atoms with E-state index in [4.69, 9.17) is 8.92 Å². The molecule has 186 valence electrons. The van der Waals surface area contributed by atoms with Crippen LogP contribution in [-0.2, 0) is 24.5 Å². The van der Waals surface area contributed by atoms with E-state index >= 15 is 0 Å². The third-order valence-electron chi connectivity index (χ3n) is 6.48. The van der Waals surface area contributed by atoms with Gasteiger partial charge in [0.25, 0.3) is 10.1 Å². The van der Waals surface area contributed by atoms with Gasteiger partial charge < -0.3 is 9.84 Å². The van der Waals surface area contributed by atoms with Gasteiger partial charge in [-0.3, -0.25) is 4.18 Å². The number of hydrogen-bond donors (Lipinski definition) is 1. The van der Waals surface area contributed by atoms with Crippen molar-refractivity contribution in [3.8, 4) is 0 Å². The topological polar surface area (TPSA) is 72.8 Å². The zero-order chi connectivity index (χ0) is 25.6. The van der Waals surface area contributed by atoms with E-state index < -0.39 is 27.7 Å². The van der Waals surface area contributed by atoms with E-state index in [2.05, 4.69) is 0 Å². The largest absolute Gasteiger partial charge is 0.389 e. The second-order valence-electron chi connectivity index (χ2n) is 8.68. The normalized spacial score (nSPS) is 13.8. The van der Waals surface area contributed by atoms with Gasteiger partial charge in [0.15, 0.2) is 0 Å². The van der Waals surface area contributed by atoms with E-state index in [1.54, 1.807) is 12.1 Å². The van der Waals surface area contributed by atoms with E-state index in [1.807, 2.05) is 97.9 Å². The average molecular weight is 503 g/mol. The van der Waals surface area contributed by atoms with Crippen LogP contribution in [0.25, 0.3) is 0 Å². The van der Waals surface area contributed by atoms with Gasteiger partial charge in [-0.1, -0.05) is 109 Å². The zero-order valence-corrected chi connectivity index (χ0v) is 21.1. The van der Waals surface area contributed by atoms with Crippen LogP contribution in [-0.4, -0.2) is 39.4 Å². The quantitative estimate of drug-likeness (QED) is 0.241. The highest BCUT2D eigenvalue weighted by Crippen LogP contribution is 2.43. The van der Waals surface area contributed by atoms with Crippen LogP contribution >= 0.6 is 0 Å². The molecule has 0 fully saturated rings. The van der Waals surface area contributed by atoms with Gasteiger partial charge in [0.1, 0.15) is 12.2 Å². The lowest BCUT2D eigenvalue weighted by atomic mass is 9.64. The molecule has 0 amide bonds. The first kappa shape index (κ1) is 25.8. The Bertz CT molecular complexity index is 1240. The maximum absolute atomic E-state index is 12.9. The molecule has 4 aromatic carbocycles. The minimum Gasteiger partial charge on any atom is -0.389 e. The number of aliphatic hydroxyl groups excluding tert-OH is 1. The van der Waals surface area contributed by atoms with Gasteiger partial charge in [0.05, 0.1) is 16.9 Å². The van der Waals surface area contributed by atoms with Crippen LogP contribution in [0.3, 0.4) is 0 Å². The Hall–Kier alpha value is -3.29. The maximum atomic E-state index is 12.9. The van der Waals surface area contributed by atoms with Crippen molar-refractivity contribution < 1.29 is 22.4 Å². The highest BCUT2D eigenvalue weighted by atomic mass is 32.2. The molecule has 0 heterocycles. The van der Waals surface area contributed by atoms with Crippen molar-refractivity contribution in [1.29, 1.82) is 0 Å². The molecule has 0 bridgehead atoms. The third-order valence-corrected chi connectivity index (χ3v) is 7.78. The number of methoxy groups -OCH3 is 1. The molecule has 1 N–H and O–H groups in total. The highest BCUT2D eigenvalue weighted by molar-refractivity contribution is 7.86. The molecule has 2 unspecified atom stereocenters. The Morgan fingerprint density at radius 3 is 1.53 bits per heavy atom. The molecular formula is C30H30O5S. The van der Waals surface area contributed by atoms with Crippen LogP contribution < -0.4 is 0 Å². The molecule has 0 aromatic heterocycles. The molecule has 0 spiro atoms. The van der Waals surface area contributed by atoms with Crippen molar-refractivity contribution in [2.45, 2.75) is 29.4 Å². The smallest absolute Gasteiger partial charge is 0.297 e. The van der Waals surface area contributed by atoms with E-state index in [9.17, 15) is 13.5 Å². The molecule has 0 aliphatic carbocycles. The van der Waals surface area contributed by atoms with Crippen LogP contribution in [0.15, 0.2) is 120 Å². The predicted octanol–water partition coefficient (Wildman–Crippen LogP) is 5.11. The summed E-state index contributed by atoms with van der Waals surface area (Å²) in [4.78, 5) is 0.0536. The number of hydrogen-bond acceptors (Lipinski definition) is 5. The fourth-order valence-corrected chi connectivity index (χ4v) is 5.53. The van der Waals surface area contributed by atoms with Crippen molar-refractivity contribution in [3.05, 3.63) is 138 Å². The van der Waals surface area contributed by atoms with E-state index in [0.29, 0.717) is 0 Å². The van der Waals surface area contributed by atoms with Crippen LogP contribution in [0.4, 0.5) is 0 Å². The summed E-state index contributed by atoms with van der Waals surface area (Å²) >= 11 is 0. The predicted molar refractivity (Wildman–Crippen MR) is 140 cm³/mol.